The summed E-state index contributed by atoms with van der Waals surface area (Å²) in [5.41, 5.74) is -0.125. The van der Waals surface area contributed by atoms with Crippen LogP contribution in [0.15, 0.2) is 24.3 Å². The van der Waals surface area contributed by atoms with E-state index in [2.05, 4.69) is 4.90 Å². The van der Waals surface area contributed by atoms with Crippen molar-refractivity contribution in [1.29, 1.82) is 0 Å². The van der Waals surface area contributed by atoms with Gasteiger partial charge in [-0.2, -0.15) is 13.2 Å². The second-order valence-corrected chi connectivity index (χ2v) is 8.32. The molecule has 1 aliphatic carbocycles. The molecular formula is C22H31F3N2O3. The average Bonchev–Trinajstić information content (AvgIpc) is 3.27. The Hall–Kier alpha value is -1.64. The summed E-state index contributed by atoms with van der Waals surface area (Å²) < 4.78 is 49.7. The molecule has 2 atom stereocenters. The van der Waals surface area contributed by atoms with Gasteiger partial charge in [0.2, 0.25) is 5.91 Å². The molecule has 2 fully saturated rings. The first-order chi connectivity index (χ1) is 14.2. The van der Waals surface area contributed by atoms with Crippen LogP contribution in [0.25, 0.3) is 0 Å². The lowest BCUT2D eigenvalue weighted by Gasteiger charge is -2.48. The Bertz CT molecular complexity index is 713. The molecule has 1 aromatic carbocycles. The van der Waals surface area contributed by atoms with Crippen molar-refractivity contribution in [3.63, 3.8) is 0 Å². The molecule has 0 aromatic heterocycles. The molecule has 0 radical (unpaired) electrons. The minimum absolute atomic E-state index is 0.0171. The molecule has 2 aliphatic rings. The van der Waals surface area contributed by atoms with E-state index in [9.17, 15) is 18.0 Å². The van der Waals surface area contributed by atoms with E-state index in [1.807, 2.05) is 0 Å². The molecule has 30 heavy (non-hydrogen) atoms. The minimum atomic E-state index is -4.38. The van der Waals surface area contributed by atoms with E-state index in [1.165, 1.54) is 12.1 Å². The van der Waals surface area contributed by atoms with Crippen LogP contribution in [0.3, 0.4) is 0 Å². The predicted molar refractivity (Wildman–Crippen MR) is 107 cm³/mol. The van der Waals surface area contributed by atoms with E-state index in [1.54, 1.807) is 26.2 Å². The molecule has 0 bridgehead atoms. The standard InChI is InChI=1S/C22H31F3N2O3/c1-26(20(28)14-16-6-8-17(9-7-16)22(23,24)25)18-10-11-21(29-2,30-3)15-19(18)27-12-4-5-13-27/h6-9,18-19H,4-5,10-15H2,1-3H3. The number of carbonyl (C=O) groups excluding carboxylic acids is 1. The Balaban J connectivity index is 1.71. The number of benzene rings is 1. The van der Waals surface area contributed by atoms with Crippen LogP contribution in [0.2, 0.25) is 0 Å². The zero-order valence-electron chi connectivity index (χ0n) is 17.9. The van der Waals surface area contributed by atoms with Crippen molar-refractivity contribution in [3.05, 3.63) is 35.4 Å². The summed E-state index contributed by atoms with van der Waals surface area (Å²) in [5, 5.41) is 0. The van der Waals surface area contributed by atoms with Crippen LogP contribution < -0.4 is 0 Å². The number of methoxy groups -OCH3 is 2. The molecular weight excluding hydrogens is 397 g/mol. The van der Waals surface area contributed by atoms with E-state index in [0.717, 1.165) is 44.5 Å². The Morgan fingerprint density at radius 2 is 1.77 bits per heavy atom. The Kier molecular flexibility index (Phi) is 7.09. The molecule has 168 valence electrons. The van der Waals surface area contributed by atoms with Gasteiger partial charge in [-0.1, -0.05) is 12.1 Å². The van der Waals surface area contributed by atoms with Gasteiger partial charge in [0.25, 0.3) is 0 Å². The molecule has 1 aliphatic heterocycles. The molecule has 1 saturated heterocycles. The summed E-state index contributed by atoms with van der Waals surface area (Å²) in [5.74, 6) is -0.729. The summed E-state index contributed by atoms with van der Waals surface area (Å²) in [4.78, 5) is 17.2. The van der Waals surface area contributed by atoms with Gasteiger partial charge in [-0.3, -0.25) is 9.69 Å². The zero-order valence-corrected chi connectivity index (χ0v) is 17.9. The molecule has 1 aromatic rings. The lowest BCUT2D eigenvalue weighted by molar-refractivity contribution is -0.238. The van der Waals surface area contributed by atoms with E-state index in [-0.39, 0.29) is 24.4 Å². The first-order valence-corrected chi connectivity index (χ1v) is 10.5. The Morgan fingerprint density at radius 3 is 2.30 bits per heavy atom. The minimum Gasteiger partial charge on any atom is -0.353 e. The van der Waals surface area contributed by atoms with Crippen molar-refractivity contribution in [2.24, 2.45) is 0 Å². The molecule has 1 saturated carbocycles. The fraction of sp³-hybridized carbons (Fsp3) is 0.682. The van der Waals surface area contributed by atoms with Crippen molar-refractivity contribution in [2.75, 3.05) is 34.4 Å². The molecule has 5 nitrogen and oxygen atoms in total. The first-order valence-electron chi connectivity index (χ1n) is 10.5. The monoisotopic (exact) mass is 428 g/mol. The van der Waals surface area contributed by atoms with E-state index in [0.29, 0.717) is 18.4 Å². The number of halogens is 3. The molecule has 0 spiro atoms. The van der Waals surface area contributed by atoms with Crippen LogP contribution in [0.1, 0.15) is 43.2 Å². The number of ether oxygens (including phenoxy) is 2. The van der Waals surface area contributed by atoms with Gasteiger partial charge in [-0.25, -0.2) is 0 Å². The molecule has 1 heterocycles. The number of likely N-dealkylation sites (tertiary alicyclic amines) is 1. The van der Waals surface area contributed by atoms with Gasteiger partial charge in [0, 0.05) is 46.2 Å². The van der Waals surface area contributed by atoms with Crippen molar-refractivity contribution in [1.82, 2.24) is 9.80 Å². The zero-order chi connectivity index (χ0) is 21.9. The van der Waals surface area contributed by atoms with Crippen molar-refractivity contribution >= 4 is 5.91 Å². The maximum Gasteiger partial charge on any atom is 0.416 e. The molecule has 3 rings (SSSR count). The molecule has 2 unspecified atom stereocenters. The van der Waals surface area contributed by atoms with Gasteiger partial charge < -0.3 is 14.4 Å². The van der Waals surface area contributed by atoms with Crippen LogP contribution in [0.4, 0.5) is 13.2 Å². The van der Waals surface area contributed by atoms with E-state index >= 15 is 0 Å². The number of hydrogen-bond acceptors (Lipinski definition) is 4. The van der Waals surface area contributed by atoms with Crippen LogP contribution in [0.5, 0.6) is 0 Å². The number of alkyl halides is 3. The highest BCUT2D eigenvalue weighted by molar-refractivity contribution is 5.79. The summed E-state index contributed by atoms with van der Waals surface area (Å²) in [6, 6.07) is 4.97. The Morgan fingerprint density at radius 1 is 1.17 bits per heavy atom. The van der Waals surface area contributed by atoms with E-state index in [4.69, 9.17) is 9.47 Å². The Labute approximate surface area is 176 Å². The highest BCUT2D eigenvalue weighted by Crippen LogP contribution is 2.38. The van der Waals surface area contributed by atoms with Gasteiger partial charge >= 0.3 is 6.18 Å². The highest BCUT2D eigenvalue weighted by atomic mass is 19.4. The third-order valence-corrected chi connectivity index (χ3v) is 6.67. The third kappa shape index (κ3) is 4.98. The number of carbonyl (C=O) groups is 1. The quantitative estimate of drug-likeness (QED) is 0.648. The van der Waals surface area contributed by atoms with Crippen molar-refractivity contribution < 1.29 is 27.4 Å². The van der Waals surface area contributed by atoms with Crippen LogP contribution in [-0.2, 0) is 26.9 Å². The number of rotatable bonds is 6. The third-order valence-electron chi connectivity index (χ3n) is 6.67. The lowest BCUT2D eigenvalue weighted by Crippen LogP contribution is -2.59. The molecule has 0 N–H and O–H groups in total. The van der Waals surface area contributed by atoms with Gasteiger partial charge in [-0.05, 0) is 50.0 Å². The van der Waals surface area contributed by atoms with Crippen LogP contribution in [0, 0.1) is 0 Å². The van der Waals surface area contributed by atoms with Crippen molar-refractivity contribution in [3.8, 4) is 0 Å². The maximum atomic E-state index is 13.0. The summed E-state index contributed by atoms with van der Waals surface area (Å²) >= 11 is 0. The normalized spacial score (nSPS) is 24.7. The number of nitrogens with zero attached hydrogens (tertiary/aromatic N) is 2. The first kappa shape index (κ1) is 23.0. The van der Waals surface area contributed by atoms with Crippen LogP contribution in [-0.4, -0.2) is 67.9 Å². The summed E-state index contributed by atoms with van der Waals surface area (Å²) in [6.45, 7) is 1.98. The molecule has 8 heteroatoms. The SMILES string of the molecule is COC1(OC)CCC(N(C)C(=O)Cc2ccc(C(F)(F)F)cc2)C(N2CCCC2)C1. The second kappa shape index (κ2) is 9.24. The second-order valence-electron chi connectivity index (χ2n) is 8.32. The summed E-state index contributed by atoms with van der Waals surface area (Å²) in [6.07, 6.45) is 0.101. The fourth-order valence-electron chi connectivity index (χ4n) is 4.76. The number of amides is 1. The van der Waals surface area contributed by atoms with Gasteiger partial charge in [0.1, 0.15) is 0 Å². The topological polar surface area (TPSA) is 42.0 Å². The van der Waals surface area contributed by atoms with Gasteiger partial charge in [-0.15, -0.1) is 0 Å². The van der Waals surface area contributed by atoms with E-state index < -0.39 is 17.5 Å². The average molecular weight is 428 g/mol. The largest absolute Gasteiger partial charge is 0.416 e. The molecule has 1 amide bonds. The maximum absolute atomic E-state index is 13.0. The number of hydrogen-bond donors (Lipinski definition) is 0. The van der Waals surface area contributed by atoms with Crippen molar-refractivity contribution in [2.45, 2.75) is 62.6 Å². The fourth-order valence-corrected chi connectivity index (χ4v) is 4.76. The van der Waals surface area contributed by atoms with Gasteiger partial charge in [0.15, 0.2) is 5.79 Å². The van der Waals surface area contributed by atoms with Crippen LogP contribution >= 0.6 is 0 Å². The predicted octanol–water partition coefficient (Wildman–Crippen LogP) is 3.71. The highest BCUT2D eigenvalue weighted by Gasteiger charge is 2.46. The number of likely N-dealkylation sites (N-methyl/N-ethyl adjacent to an activating group) is 1. The lowest BCUT2D eigenvalue weighted by atomic mass is 9.83. The van der Waals surface area contributed by atoms with Gasteiger partial charge in [0.05, 0.1) is 12.0 Å². The summed E-state index contributed by atoms with van der Waals surface area (Å²) in [7, 11) is 5.11. The smallest absolute Gasteiger partial charge is 0.353 e.